The van der Waals surface area contributed by atoms with Crippen LogP contribution in [0.15, 0.2) is 65.7 Å². The van der Waals surface area contributed by atoms with Crippen LogP contribution in [0.4, 0.5) is 0 Å². The maximum absolute atomic E-state index is 14.5. The molecule has 47 heavy (non-hydrogen) atoms. The summed E-state index contributed by atoms with van der Waals surface area (Å²) in [5, 5.41) is 1.15. The van der Waals surface area contributed by atoms with Crippen LogP contribution in [-0.4, -0.2) is 58.3 Å². The monoisotopic (exact) mass is 655 g/mol. The minimum absolute atomic E-state index is 0.0257. The Labute approximate surface area is 278 Å². The van der Waals surface area contributed by atoms with Crippen molar-refractivity contribution in [1.82, 2.24) is 24.4 Å². The van der Waals surface area contributed by atoms with Gasteiger partial charge in [-0.15, -0.1) is 0 Å². The summed E-state index contributed by atoms with van der Waals surface area (Å²) >= 11 is 0. The number of hydrogen-bond donors (Lipinski definition) is 1. The Morgan fingerprint density at radius 3 is 2.53 bits per heavy atom. The standard InChI is InChI=1S/C37H49N5O4Si/c1-36(2,3)47(4,5)46-23-22-41(25-27-15-16-27)35(44)31-32(45-26-28-12-7-6-8-13-28)34(43)40-30(39-31)24-37(18-9-10-19-37)42-21-17-29-14-11-20-38-33(29)42/h6-8,11-14,17,20-21,27H,9-10,15-16,18-19,22-26H2,1-5H3,(H,39,40,43). The van der Waals surface area contributed by atoms with Crippen molar-refractivity contribution in [2.24, 2.45) is 5.92 Å². The molecule has 0 bridgehead atoms. The molecule has 2 aliphatic rings. The summed E-state index contributed by atoms with van der Waals surface area (Å²) in [5.41, 5.74) is 1.18. The number of fused-ring (bicyclic) bond motifs is 1. The average molecular weight is 656 g/mol. The highest BCUT2D eigenvalue weighted by molar-refractivity contribution is 6.74. The molecule has 2 fully saturated rings. The molecule has 1 aromatic carbocycles. The molecule has 0 atom stereocenters. The molecule has 10 heteroatoms. The van der Waals surface area contributed by atoms with Gasteiger partial charge in [0, 0.05) is 37.3 Å². The zero-order valence-corrected chi connectivity index (χ0v) is 29.6. The number of rotatable bonds is 13. The van der Waals surface area contributed by atoms with Crippen molar-refractivity contribution in [2.45, 2.75) is 96.0 Å². The third-order valence-electron chi connectivity index (χ3n) is 10.4. The van der Waals surface area contributed by atoms with E-state index in [1.54, 1.807) is 0 Å². The molecule has 4 aromatic rings. The molecule has 6 rings (SSSR count). The number of ether oxygens (including phenoxy) is 1. The molecular weight excluding hydrogens is 607 g/mol. The van der Waals surface area contributed by atoms with Gasteiger partial charge in [0.2, 0.25) is 5.75 Å². The van der Waals surface area contributed by atoms with E-state index >= 15 is 0 Å². The van der Waals surface area contributed by atoms with Crippen LogP contribution >= 0.6 is 0 Å². The second-order valence-corrected chi connectivity index (χ2v) is 19.8. The van der Waals surface area contributed by atoms with Gasteiger partial charge in [-0.05, 0) is 73.5 Å². The lowest BCUT2D eigenvalue weighted by molar-refractivity contribution is 0.0704. The number of carbonyl (C=O) groups excluding carboxylic acids is 1. The first-order valence-corrected chi connectivity index (χ1v) is 20.0. The third-order valence-corrected chi connectivity index (χ3v) is 15.0. The summed E-state index contributed by atoms with van der Waals surface area (Å²) in [6.45, 7) is 12.8. The van der Waals surface area contributed by atoms with Crippen molar-refractivity contribution < 1.29 is 14.0 Å². The molecule has 9 nitrogen and oxygen atoms in total. The van der Waals surface area contributed by atoms with E-state index in [2.05, 4.69) is 61.7 Å². The summed E-state index contributed by atoms with van der Waals surface area (Å²) in [5.74, 6) is 0.647. The highest BCUT2D eigenvalue weighted by atomic mass is 28.4. The Hall–Kier alpha value is -3.76. The largest absolute Gasteiger partial charge is 0.481 e. The van der Waals surface area contributed by atoms with Gasteiger partial charge >= 0.3 is 0 Å². The number of hydrogen-bond acceptors (Lipinski definition) is 6. The number of nitrogens with one attached hydrogen (secondary N) is 1. The first-order chi connectivity index (χ1) is 22.5. The molecule has 2 saturated carbocycles. The molecule has 1 amide bonds. The van der Waals surface area contributed by atoms with E-state index < -0.39 is 13.9 Å². The van der Waals surface area contributed by atoms with Crippen LogP contribution in [0, 0.1) is 5.92 Å². The molecule has 250 valence electrons. The van der Waals surface area contributed by atoms with Crippen molar-refractivity contribution in [2.75, 3.05) is 19.7 Å². The highest BCUT2D eigenvalue weighted by Gasteiger charge is 2.40. The molecule has 0 unspecified atom stereocenters. The van der Waals surface area contributed by atoms with Gasteiger partial charge in [0.05, 0.1) is 12.1 Å². The summed E-state index contributed by atoms with van der Waals surface area (Å²) in [7, 11) is -2.01. The number of aromatic amines is 1. The molecule has 0 spiro atoms. The normalized spacial score (nSPS) is 16.4. The third kappa shape index (κ3) is 7.38. The van der Waals surface area contributed by atoms with E-state index in [9.17, 15) is 9.59 Å². The number of H-pyrrole nitrogens is 1. The lowest BCUT2D eigenvalue weighted by Crippen LogP contribution is -2.44. The summed E-state index contributed by atoms with van der Waals surface area (Å²) in [4.78, 5) is 42.8. The van der Waals surface area contributed by atoms with Crippen molar-refractivity contribution in [3.8, 4) is 5.75 Å². The Kier molecular flexibility index (Phi) is 9.44. The molecule has 1 N–H and O–H groups in total. The van der Waals surface area contributed by atoms with Gasteiger partial charge in [-0.1, -0.05) is 63.9 Å². The lowest BCUT2D eigenvalue weighted by atomic mass is 9.92. The van der Waals surface area contributed by atoms with Crippen molar-refractivity contribution in [3.63, 3.8) is 0 Å². The number of nitrogens with zero attached hydrogens (tertiary/aromatic N) is 4. The zero-order valence-electron chi connectivity index (χ0n) is 28.6. The fourth-order valence-corrected chi connectivity index (χ4v) is 7.50. The van der Waals surface area contributed by atoms with Gasteiger partial charge in [0.15, 0.2) is 14.0 Å². The summed E-state index contributed by atoms with van der Waals surface area (Å²) < 4.78 is 14.9. The second kappa shape index (κ2) is 13.4. The van der Waals surface area contributed by atoms with Gasteiger partial charge in [0.25, 0.3) is 11.5 Å². The van der Waals surface area contributed by atoms with Crippen LogP contribution in [0.1, 0.15) is 81.2 Å². The van der Waals surface area contributed by atoms with Gasteiger partial charge < -0.3 is 23.6 Å². The Morgan fingerprint density at radius 1 is 1.09 bits per heavy atom. The van der Waals surface area contributed by atoms with Gasteiger partial charge in [0.1, 0.15) is 18.1 Å². The number of aromatic nitrogens is 4. The van der Waals surface area contributed by atoms with Gasteiger partial charge in [-0.3, -0.25) is 9.59 Å². The Morgan fingerprint density at radius 2 is 1.83 bits per heavy atom. The van der Waals surface area contributed by atoms with Crippen LogP contribution in [-0.2, 0) is 23.0 Å². The number of benzene rings is 1. The van der Waals surface area contributed by atoms with Crippen molar-refractivity contribution >= 4 is 25.3 Å². The van der Waals surface area contributed by atoms with E-state index in [4.69, 9.17) is 19.1 Å². The molecule has 0 saturated heterocycles. The van der Waals surface area contributed by atoms with Gasteiger partial charge in [-0.2, -0.15) is 0 Å². The molecular formula is C37H49N5O4Si. The first kappa shape index (κ1) is 33.1. The van der Waals surface area contributed by atoms with Crippen LogP contribution in [0.25, 0.3) is 11.0 Å². The molecule has 0 radical (unpaired) electrons. The summed E-state index contributed by atoms with van der Waals surface area (Å²) in [6.07, 6.45) is 10.6. The quantitative estimate of drug-likeness (QED) is 0.154. The zero-order chi connectivity index (χ0) is 33.2. The predicted molar refractivity (Wildman–Crippen MR) is 187 cm³/mol. The molecule has 0 aliphatic heterocycles. The van der Waals surface area contributed by atoms with E-state index in [1.165, 1.54) is 0 Å². The van der Waals surface area contributed by atoms with Crippen molar-refractivity contribution in [3.05, 3.63) is 88.4 Å². The molecule has 3 heterocycles. The first-order valence-electron chi connectivity index (χ1n) is 17.1. The maximum atomic E-state index is 14.5. The predicted octanol–water partition coefficient (Wildman–Crippen LogP) is 7.08. The van der Waals surface area contributed by atoms with Crippen LogP contribution in [0.2, 0.25) is 18.1 Å². The fraction of sp³-hybridized carbons (Fsp3) is 0.514. The van der Waals surface area contributed by atoms with Crippen molar-refractivity contribution in [1.29, 1.82) is 0 Å². The topological polar surface area (TPSA) is 102 Å². The molecule has 2 aliphatic carbocycles. The number of pyridine rings is 1. The highest BCUT2D eigenvalue weighted by Crippen LogP contribution is 2.41. The fourth-order valence-electron chi connectivity index (χ4n) is 6.46. The Balaban J connectivity index is 1.34. The number of amides is 1. The van der Waals surface area contributed by atoms with Crippen LogP contribution < -0.4 is 10.3 Å². The average Bonchev–Trinajstić information content (AvgIpc) is 3.55. The van der Waals surface area contributed by atoms with E-state index in [1.807, 2.05) is 47.5 Å². The lowest BCUT2D eigenvalue weighted by Gasteiger charge is -2.37. The van der Waals surface area contributed by atoms with E-state index in [-0.39, 0.29) is 34.5 Å². The Bertz CT molecular complexity index is 1750. The number of carbonyl (C=O) groups is 1. The maximum Gasteiger partial charge on any atom is 0.294 e. The minimum Gasteiger partial charge on any atom is -0.481 e. The van der Waals surface area contributed by atoms with E-state index in [0.717, 1.165) is 55.1 Å². The van der Waals surface area contributed by atoms with Crippen LogP contribution in [0.5, 0.6) is 5.75 Å². The van der Waals surface area contributed by atoms with Crippen LogP contribution in [0.3, 0.4) is 0 Å². The van der Waals surface area contributed by atoms with E-state index in [0.29, 0.717) is 37.9 Å². The van der Waals surface area contributed by atoms with Gasteiger partial charge in [-0.25, -0.2) is 9.97 Å². The smallest absolute Gasteiger partial charge is 0.294 e. The SMILES string of the molecule is CC(C)(C)[Si](C)(C)OCCN(CC1CC1)C(=O)c1nc(CC2(n3ccc4cccnc43)CCCC2)[nH]c(=O)c1OCc1ccccc1. The summed E-state index contributed by atoms with van der Waals surface area (Å²) in [6, 6.07) is 15.8. The minimum atomic E-state index is -2.01. The second-order valence-electron chi connectivity index (χ2n) is 15.0. The molecule has 3 aromatic heterocycles.